The first-order valence-electron chi connectivity index (χ1n) is 10.2. The zero-order chi connectivity index (χ0) is 23.3. The van der Waals surface area contributed by atoms with Crippen LogP contribution in [0.25, 0.3) is 0 Å². The maximum Gasteiger partial charge on any atom is 0.326 e. The molecule has 0 aliphatic carbocycles. The molecule has 2 amide bonds. The summed E-state index contributed by atoms with van der Waals surface area (Å²) in [6, 6.07) is 10.8. The van der Waals surface area contributed by atoms with Crippen molar-refractivity contribution in [1.29, 1.82) is 0 Å². The highest BCUT2D eigenvalue weighted by atomic mass is 16.5. The lowest BCUT2D eigenvalue weighted by Crippen LogP contribution is -2.44. The molecule has 0 bridgehead atoms. The van der Waals surface area contributed by atoms with Crippen molar-refractivity contribution < 1.29 is 33.7 Å². The van der Waals surface area contributed by atoms with Crippen molar-refractivity contribution in [2.24, 2.45) is 5.92 Å². The summed E-state index contributed by atoms with van der Waals surface area (Å²) in [6.45, 7) is 1.83. The number of esters is 1. The normalized spacial score (nSPS) is 19.8. The van der Waals surface area contributed by atoms with Crippen LogP contribution in [0.4, 0.5) is 10.5 Å². The number of aliphatic carboxylic acids is 1. The van der Waals surface area contributed by atoms with Gasteiger partial charge in [-0.05, 0) is 55.3 Å². The second-order valence-corrected chi connectivity index (χ2v) is 7.23. The number of amides is 2. The smallest absolute Gasteiger partial charge is 0.326 e. The van der Waals surface area contributed by atoms with Crippen LogP contribution in [-0.2, 0) is 14.3 Å². The third kappa shape index (κ3) is 4.77. The molecule has 0 spiro atoms. The Morgan fingerprint density at radius 3 is 2.06 bits per heavy atom. The molecule has 3 atom stereocenters. The van der Waals surface area contributed by atoms with Gasteiger partial charge in [-0.3, -0.25) is 4.79 Å². The number of nitrogens with zero attached hydrogens (tertiary/aromatic N) is 1. The predicted molar refractivity (Wildman–Crippen MR) is 116 cm³/mol. The number of likely N-dealkylation sites (tertiary alicyclic amines) is 1. The maximum atomic E-state index is 13.3. The van der Waals surface area contributed by atoms with Crippen molar-refractivity contribution in [3.05, 3.63) is 54.1 Å². The number of carbonyl (C=O) groups excluding carboxylic acids is 2. The molecule has 1 heterocycles. The van der Waals surface area contributed by atoms with Crippen molar-refractivity contribution in [2.45, 2.75) is 25.4 Å². The van der Waals surface area contributed by atoms with Crippen LogP contribution >= 0.6 is 0 Å². The third-order valence-corrected chi connectivity index (χ3v) is 5.40. The number of ether oxygens (including phenoxy) is 3. The van der Waals surface area contributed by atoms with Crippen LogP contribution < -0.4 is 14.8 Å². The first kappa shape index (κ1) is 22.9. The van der Waals surface area contributed by atoms with E-state index in [1.54, 1.807) is 55.5 Å². The number of hydrogen-bond donors (Lipinski definition) is 2. The molecule has 3 rings (SSSR count). The van der Waals surface area contributed by atoms with E-state index in [1.165, 1.54) is 19.1 Å². The molecule has 2 aromatic carbocycles. The number of anilines is 1. The summed E-state index contributed by atoms with van der Waals surface area (Å²) in [4.78, 5) is 39.2. The zero-order valence-corrected chi connectivity index (χ0v) is 18.1. The number of benzene rings is 2. The molecule has 3 unspecified atom stereocenters. The van der Waals surface area contributed by atoms with Gasteiger partial charge in [0.1, 0.15) is 17.5 Å². The number of carboxylic acid groups (broad SMARTS) is 1. The highest BCUT2D eigenvalue weighted by molar-refractivity contribution is 5.94. The lowest BCUT2D eigenvalue weighted by atomic mass is 9.93. The van der Waals surface area contributed by atoms with Gasteiger partial charge in [-0.25, -0.2) is 9.59 Å². The fraction of sp³-hybridized carbons (Fsp3) is 0.348. The van der Waals surface area contributed by atoms with Crippen LogP contribution in [0, 0.1) is 5.92 Å². The molecular formula is C23H26N2O7. The number of nitrogens with one attached hydrogen (secondary N) is 1. The van der Waals surface area contributed by atoms with Crippen molar-refractivity contribution in [3.8, 4) is 11.5 Å². The van der Waals surface area contributed by atoms with Crippen molar-refractivity contribution in [2.75, 3.05) is 26.1 Å². The Morgan fingerprint density at radius 2 is 1.56 bits per heavy atom. The van der Waals surface area contributed by atoms with Gasteiger partial charge in [0, 0.05) is 5.69 Å². The zero-order valence-electron chi connectivity index (χ0n) is 18.1. The van der Waals surface area contributed by atoms with E-state index < -0.39 is 36.0 Å². The summed E-state index contributed by atoms with van der Waals surface area (Å²) in [5.74, 6) is -1.35. The molecule has 2 aromatic rings. The fourth-order valence-electron chi connectivity index (χ4n) is 3.89. The Morgan fingerprint density at radius 1 is 1.00 bits per heavy atom. The molecule has 9 nitrogen and oxygen atoms in total. The minimum absolute atomic E-state index is 0.0547. The molecule has 0 aromatic heterocycles. The SMILES string of the molecule is CCOC(=O)C1CC(C(=O)O)N(C(=O)Nc2ccc(OC)cc2)C1c1ccc(OC)cc1. The Balaban J connectivity index is 1.98. The molecule has 1 saturated heterocycles. The van der Waals surface area contributed by atoms with Gasteiger partial charge in [0.15, 0.2) is 0 Å². The maximum absolute atomic E-state index is 13.3. The number of methoxy groups -OCH3 is 2. The average molecular weight is 442 g/mol. The van der Waals surface area contributed by atoms with E-state index in [0.29, 0.717) is 22.7 Å². The highest BCUT2D eigenvalue weighted by Crippen LogP contribution is 2.42. The van der Waals surface area contributed by atoms with Crippen LogP contribution in [0.2, 0.25) is 0 Å². The molecule has 0 radical (unpaired) electrons. The monoisotopic (exact) mass is 442 g/mol. The van der Waals surface area contributed by atoms with Gasteiger partial charge < -0.3 is 29.5 Å². The molecule has 1 aliphatic rings. The second kappa shape index (κ2) is 10.0. The van der Waals surface area contributed by atoms with E-state index in [1.807, 2.05) is 0 Å². The van der Waals surface area contributed by atoms with E-state index in [-0.39, 0.29) is 13.0 Å². The summed E-state index contributed by atoms with van der Waals surface area (Å²) < 4.78 is 15.5. The summed E-state index contributed by atoms with van der Waals surface area (Å²) >= 11 is 0. The molecule has 1 aliphatic heterocycles. The molecule has 170 valence electrons. The number of rotatable bonds is 7. The molecule has 1 fully saturated rings. The highest BCUT2D eigenvalue weighted by Gasteiger charge is 2.51. The molecule has 0 saturated carbocycles. The van der Waals surface area contributed by atoms with E-state index >= 15 is 0 Å². The van der Waals surface area contributed by atoms with Gasteiger partial charge in [0.2, 0.25) is 0 Å². The van der Waals surface area contributed by atoms with Gasteiger partial charge in [-0.15, -0.1) is 0 Å². The topological polar surface area (TPSA) is 114 Å². The van der Waals surface area contributed by atoms with Crippen LogP contribution in [0.5, 0.6) is 11.5 Å². The first-order chi connectivity index (χ1) is 15.4. The summed E-state index contributed by atoms with van der Waals surface area (Å²) in [6.07, 6.45) is -0.0547. The fourth-order valence-corrected chi connectivity index (χ4v) is 3.89. The van der Waals surface area contributed by atoms with Gasteiger partial charge in [-0.1, -0.05) is 12.1 Å². The van der Waals surface area contributed by atoms with Gasteiger partial charge >= 0.3 is 18.0 Å². The standard InChI is InChI=1S/C23H26N2O7/c1-4-32-22(28)18-13-19(21(26)27)25(20(18)14-5-9-16(30-2)10-6-14)23(29)24-15-7-11-17(31-3)12-8-15/h5-12,18-20H,4,13H2,1-3H3,(H,24,29)(H,26,27). The first-order valence-corrected chi connectivity index (χ1v) is 10.2. The van der Waals surface area contributed by atoms with Crippen molar-refractivity contribution >= 4 is 23.7 Å². The van der Waals surface area contributed by atoms with Crippen molar-refractivity contribution in [1.82, 2.24) is 4.90 Å². The number of carboxylic acids is 1. The lowest BCUT2D eigenvalue weighted by molar-refractivity contribution is -0.148. The average Bonchev–Trinajstić information content (AvgIpc) is 3.21. The Labute approximate surface area is 185 Å². The van der Waals surface area contributed by atoms with Crippen LogP contribution in [0.15, 0.2) is 48.5 Å². The van der Waals surface area contributed by atoms with E-state index in [4.69, 9.17) is 14.2 Å². The van der Waals surface area contributed by atoms with E-state index in [9.17, 15) is 19.5 Å². The molecule has 2 N–H and O–H groups in total. The van der Waals surface area contributed by atoms with Crippen LogP contribution in [0.3, 0.4) is 0 Å². The predicted octanol–water partition coefficient (Wildman–Crippen LogP) is 3.32. The van der Waals surface area contributed by atoms with Gasteiger partial charge in [0.05, 0.1) is 32.8 Å². The summed E-state index contributed by atoms with van der Waals surface area (Å²) in [5.41, 5.74) is 1.07. The quantitative estimate of drug-likeness (QED) is 0.632. The van der Waals surface area contributed by atoms with Crippen molar-refractivity contribution in [3.63, 3.8) is 0 Å². The van der Waals surface area contributed by atoms with E-state index in [0.717, 1.165) is 0 Å². The van der Waals surface area contributed by atoms with Gasteiger partial charge in [-0.2, -0.15) is 0 Å². The molecule has 32 heavy (non-hydrogen) atoms. The van der Waals surface area contributed by atoms with E-state index in [2.05, 4.69) is 5.32 Å². The largest absolute Gasteiger partial charge is 0.497 e. The minimum atomic E-state index is -1.20. The van der Waals surface area contributed by atoms with Crippen LogP contribution in [-0.4, -0.2) is 54.8 Å². The lowest BCUT2D eigenvalue weighted by Gasteiger charge is -2.30. The van der Waals surface area contributed by atoms with Crippen LogP contribution in [0.1, 0.15) is 24.9 Å². The molecule has 9 heteroatoms. The molecular weight excluding hydrogens is 416 g/mol. The second-order valence-electron chi connectivity index (χ2n) is 7.23. The third-order valence-electron chi connectivity index (χ3n) is 5.40. The summed E-state index contributed by atoms with van der Waals surface area (Å²) in [7, 11) is 3.06. The van der Waals surface area contributed by atoms with Gasteiger partial charge in [0.25, 0.3) is 0 Å². The number of urea groups is 1. The Kier molecular flexibility index (Phi) is 7.19. The number of hydrogen-bond acceptors (Lipinski definition) is 6. The summed E-state index contributed by atoms with van der Waals surface area (Å²) in [5, 5.41) is 12.6. The number of carbonyl (C=O) groups is 3. The Bertz CT molecular complexity index is 959. The minimum Gasteiger partial charge on any atom is -0.497 e. The Hall–Kier alpha value is -3.75.